The zero-order valence-corrected chi connectivity index (χ0v) is 14.2. The van der Waals surface area contributed by atoms with Crippen LogP contribution < -0.4 is 5.32 Å². The number of hydrogen-bond acceptors (Lipinski definition) is 3. The van der Waals surface area contributed by atoms with E-state index in [0.29, 0.717) is 5.92 Å². The zero-order chi connectivity index (χ0) is 16.2. The van der Waals surface area contributed by atoms with Crippen molar-refractivity contribution in [2.24, 2.45) is 11.8 Å². The van der Waals surface area contributed by atoms with E-state index in [4.69, 9.17) is 4.74 Å². The highest BCUT2D eigenvalue weighted by atomic mass is 16.6. The molecule has 1 heterocycles. The highest BCUT2D eigenvalue weighted by Gasteiger charge is 2.31. The molecule has 0 radical (unpaired) electrons. The lowest BCUT2D eigenvalue weighted by molar-refractivity contribution is -0.158. The van der Waals surface area contributed by atoms with Crippen molar-refractivity contribution in [3.63, 3.8) is 0 Å². The quantitative estimate of drug-likeness (QED) is 0.815. The normalized spacial score (nSPS) is 21.1. The van der Waals surface area contributed by atoms with Crippen LogP contribution in [-0.2, 0) is 9.53 Å². The third-order valence-corrected chi connectivity index (χ3v) is 3.55. The Morgan fingerprint density at radius 3 is 2.38 bits per heavy atom. The number of nitrogens with one attached hydrogen (secondary N) is 1. The summed E-state index contributed by atoms with van der Waals surface area (Å²) in [6.07, 6.45) is 2.18. The second kappa shape index (κ2) is 7.14. The molecule has 2 amide bonds. The van der Waals surface area contributed by atoms with E-state index in [9.17, 15) is 9.59 Å². The Morgan fingerprint density at radius 2 is 1.90 bits per heavy atom. The second-order valence-electron chi connectivity index (χ2n) is 7.40. The van der Waals surface area contributed by atoms with Gasteiger partial charge in [-0.05, 0) is 45.4 Å². The highest BCUT2D eigenvalue weighted by molar-refractivity contribution is 5.84. The van der Waals surface area contributed by atoms with Gasteiger partial charge < -0.3 is 15.0 Å². The van der Waals surface area contributed by atoms with Gasteiger partial charge in [-0.2, -0.15) is 0 Å². The standard InChI is InChI=1S/C16H30N2O3/c1-11(2)13(14(19)21-16(4,5)6)17-15(20)18-9-7-8-12(3)10-18/h11-13H,7-10H2,1-6H3,(H,17,20)/t12?,13-/m1/s1. The highest BCUT2D eigenvalue weighted by Crippen LogP contribution is 2.17. The summed E-state index contributed by atoms with van der Waals surface area (Å²) >= 11 is 0. The fourth-order valence-electron chi connectivity index (χ4n) is 2.46. The molecule has 122 valence electrons. The number of rotatable bonds is 3. The van der Waals surface area contributed by atoms with Crippen LogP contribution in [0, 0.1) is 11.8 Å². The zero-order valence-electron chi connectivity index (χ0n) is 14.2. The summed E-state index contributed by atoms with van der Waals surface area (Å²) in [7, 11) is 0. The SMILES string of the molecule is CC1CCCN(C(=O)N[C@@H](C(=O)OC(C)(C)C)C(C)C)C1. The van der Waals surface area contributed by atoms with E-state index < -0.39 is 11.6 Å². The average molecular weight is 298 g/mol. The van der Waals surface area contributed by atoms with Crippen molar-refractivity contribution in [3.05, 3.63) is 0 Å². The van der Waals surface area contributed by atoms with E-state index in [0.717, 1.165) is 25.9 Å². The van der Waals surface area contributed by atoms with Gasteiger partial charge >= 0.3 is 12.0 Å². The Hall–Kier alpha value is -1.26. The third-order valence-electron chi connectivity index (χ3n) is 3.55. The first-order chi connectivity index (χ1) is 9.60. The van der Waals surface area contributed by atoms with Crippen LogP contribution in [0.25, 0.3) is 0 Å². The van der Waals surface area contributed by atoms with Gasteiger partial charge in [-0.3, -0.25) is 0 Å². The molecule has 1 saturated heterocycles. The summed E-state index contributed by atoms with van der Waals surface area (Å²) in [6, 6.07) is -0.764. The van der Waals surface area contributed by atoms with Crippen molar-refractivity contribution in [3.8, 4) is 0 Å². The van der Waals surface area contributed by atoms with Gasteiger partial charge in [0.2, 0.25) is 0 Å². The van der Waals surface area contributed by atoms with Crippen LogP contribution in [0.3, 0.4) is 0 Å². The largest absolute Gasteiger partial charge is 0.458 e. The van der Waals surface area contributed by atoms with Crippen LogP contribution in [-0.4, -0.2) is 41.6 Å². The van der Waals surface area contributed by atoms with E-state index in [-0.39, 0.29) is 17.9 Å². The molecule has 0 aromatic heterocycles. The molecule has 0 spiro atoms. The van der Waals surface area contributed by atoms with Crippen molar-refractivity contribution in [1.29, 1.82) is 0 Å². The predicted molar refractivity (Wildman–Crippen MR) is 83.0 cm³/mol. The van der Waals surface area contributed by atoms with Crippen LogP contribution in [0.2, 0.25) is 0 Å². The Bertz CT molecular complexity index is 374. The minimum Gasteiger partial charge on any atom is -0.458 e. The smallest absolute Gasteiger partial charge is 0.329 e. The molecular weight excluding hydrogens is 268 g/mol. The monoisotopic (exact) mass is 298 g/mol. The summed E-state index contributed by atoms with van der Waals surface area (Å²) in [6.45, 7) is 13.0. The van der Waals surface area contributed by atoms with Gasteiger partial charge in [-0.1, -0.05) is 20.8 Å². The fraction of sp³-hybridized carbons (Fsp3) is 0.875. The number of carbonyl (C=O) groups excluding carboxylic acids is 2. The van der Waals surface area contributed by atoms with E-state index in [1.165, 1.54) is 0 Å². The number of likely N-dealkylation sites (tertiary alicyclic amines) is 1. The lowest BCUT2D eigenvalue weighted by Crippen LogP contribution is -2.53. The van der Waals surface area contributed by atoms with Gasteiger partial charge in [0.15, 0.2) is 0 Å². The molecule has 2 atom stereocenters. The molecule has 0 aromatic rings. The number of esters is 1. The number of nitrogens with zero attached hydrogens (tertiary/aromatic N) is 1. The average Bonchev–Trinajstić information content (AvgIpc) is 2.32. The summed E-state index contributed by atoms with van der Waals surface area (Å²) in [5.74, 6) is 0.144. The van der Waals surface area contributed by atoms with Gasteiger partial charge in [-0.25, -0.2) is 9.59 Å². The maximum Gasteiger partial charge on any atom is 0.329 e. The number of ether oxygens (including phenoxy) is 1. The molecule has 0 aromatic carbocycles. The fourth-order valence-corrected chi connectivity index (χ4v) is 2.46. The molecule has 21 heavy (non-hydrogen) atoms. The van der Waals surface area contributed by atoms with Gasteiger partial charge in [0.1, 0.15) is 11.6 Å². The number of amides is 2. The first-order valence-electron chi connectivity index (χ1n) is 7.88. The van der Waals surface area contributed by atoms with Crippen molar-refractivity contribution >= 4 is 12.0 Å². The van der Waals surface area contributed by atoms with E-state index in [1.807, 2.05) is 34.6 Å². The molecular formula is C16H30N2O3. The van der Waals surface area contributed by atoms with E-state index >= 15 is 0 Å². The first-order valence-corrected chi connectivity index (χ1v) is 7.88. The minimum atomic E-state index is -0.603. The van der Waals surface area contributed by atoms with Gasteiger partial charge in [0, 0.05) is 13.1 Å². The maximum absolute atomic E-state index is 12.3. The lowest BCUT2D eigenvalue weighted by Gasteiger charge is -2.33. The minimum absolute atomic E-state index is 0.00832. The molecule has 0 aliphatic carbocycles. The number of carbonyl (C=O) groups is 2. The Kier molecular flexibility index (Phi) is 6.05. The molecule has 1 N–H and O–H groups in total. The van der Waals surface area contributed by atoms with Crippen molar-refractivity contribution in [2.45, 2.75) is 66.0 Å². The van der Waals surface area contributed by atoms with Crippen molar-refractivity contribution < 1.29 is 14.3 Å². The van der Waals surface area contributed by atoms with Crippen molar-refractivity contribution in [2.75, 3.05) is 13.1 Å². The topological polar surface area (TPSA) is 58.6 Å². The molecule has 1 fully saturated rings. The first kappa shape index (κ1) is 17.8. The third kappa shape index (κ3) is 5.94. The predicted octanol–water partition coefficient (Wildman–Crippen LogP) is 2.79. The molecule has 0 bridgehead atoms. The number of urea groups is 1. The summed E-state index contributed by atoms with van der Waals surface area (Å²) < 4.78 is 5.40. The molecule has 1 rings (SSSR count). The van der Waals surface area contributed by atoms with Gasteiger partial charge in [0.25, 0.3) is 0 Å². The van der Waals surface area contributed by atoms with Crippen LogP contribution in [0.1, 0.15) is 54.4 Å². The van der Waals surface area contributed by atoms with E-state index in [1.54, 1.807) is 4.90 Å². The molecule has 1 unspecified atom stereocenters. The summed E-state index contributed by atoms with van der Waals surface area (Å²) in [5.41, 5.74) is -0.547. The lowest BCUT2D eigenvalue weighted by atomic mass is 10.0. The van der Waals surface area contributed by atoms with Crippen LogP contribution >= 0.6 is 0 Å². The van der Waals surface area contributed by atoms with Gasteiger partial charge in [0.05, 0.1) is 0 Å². The molecule has 1 aliphatic heterocycles. The Balaban J connectivity index is 2.65. The number of piperidine rings is 1. The molecule has 1 aliphatic rings. The maximum atomic E-state index is 12.3. The Labute approximate surface area is 128 Å². The Morgan fingerprint density at radius 1 is 1.29 bits per heavy atom. The van der Waals surface area contributed by atoms with Gasteiger partial charge in [-0.15, -0.1) is 0 Å². The van der Waals surface area contributed by atoms with Crippen molar-refractivity contribution in [1.82, 2.24) is 10.2 Å². The molecule has 5 nitrogen and oxygen atoms in total. The second-order valence-corrected chi connectivity index (χ2v) is 7.40. The van der Waals surface area contributed by atoms with Crippen LogP contribution in [0.15, 0.2) is 0 Å². The summed E-state index contributed by atoms with van der Waals surface area (Å²) in [5, 5.41) is 2.84. The summed E-state index contributed by atoms with van der Waals surface area (Å²) in [4.78, 5) is 26.4. The van der Waals surface area contributed by atoms with Crippen LogP contribution in [0.5, 0.6) is 0 Å². The molecule has 0 saturated carbocycles. The van der Waals surface area contributed by atoms with Crippen LogP contribution in [0.4, 0.5) is 4.79 Å². The number of hydrogen-bond donors (Lipinski definition) is 1. The van der Waals surface area contributed by atoms with E-state index in [2.05, 4.69) is 12.2 Å². The molecule has 5 heteroatoms.